The molecule has 4 rings (SSSR count). The van der Waals surface area contributed by atoms with Crippen LogP contribution in [0.4, 0.5) is 15.5 Å². The fourth-order valence-corrected chi connectivity index (χ4v) is 5.30. The van der Waals surface area contributed by atoms with Gasteiger partial charge in [-0.25, -0.2) is 4.79 Å². The number of hydrogen-bond donors (Lipinski definition) is 3. The summed E-state index contributed by atoms with van der Waals surface area (Å²) in [6.07, 6.45) is 0. The molecule has 0 unspecified atom stereocenters. The van der Waals surface area contributed by atoms with Crippen molar-refractivity contribution in [1.82, 2.24) is 20.4 Å². The Bertz CT molecular complexity index is 1390. The van der Waals surface area contributed by atoms with Crippen LogP contribution in [0, 0.1) is 13.8 Å². The number of amides is 4. The SMILES string of the molecule is Cc1ccc(-c2cc(NC(=O)Nc3sc(C(C)(C)C)cc3C(=O)N3CCNC(=O)C3(C)C)ccc2C)nn1. The highest BCUT2D eigenvalue weighted by molar-refractivity contribution is 7.16. The van der Waals surface area contributed by atoms with Crippen LogP contribution in [0.1, 0.15) is 61.1 Å². The van der Waals surface area contributed by atoms with Gasteiger partial charge in [0.2, 0.25) is 5.91 Å². The average molecular weight is 535 g/mol. The molecule has 3 heterocycles. The van der Waals surface area contributed by atoms with E-state index in [4.69, 9.17) is 0 Å². The Balaban J connectivity index is 1.60. The lowest BCUT2D eigenvalue weighted by atomic mass is 9.93. The molecule has 4 amide bonds. The molecular weight excluding hydrogens is 500 g/mol. The summed E-state index contributed by atoms with van der Waals surface area (Å²) in [4.78, 5) is 41.8. The second-order valence-corrected chi connectivity index (χ2v) is 12.1. The summed E-state index contributed by atoms with van der Waals surface area (Å²) in [6, 6.07) is 10.7. The molecular formula is C28H34N6O3S. The van der Waals surface area contributed by atoms with E-state index in [-0.39, 0.29) is 17.2 Å². The van der Waals surface area contributed by atoms with Crippen molar-refractivity contribution in [1.29, 1.82) is 0 Å². The van der Waals surface area contributed by atoms with E-state index in [0.717, 1.165) is 21.7 Å². The molecule has 0 atom stereocenters. The summed E-state index contributed by atoms with van der Waals surface area (Å²) in [7, 11) is 0. The van der Waals surface area contributed by atoms with Gasteiger partial charge in [-0.1, -0.05) is 26.8 Å². The van der Waals surface area contributed by atoms with Gasteiger partial charge < -0.3 is 15.5 Å². The van der Waals surface area contributed by atoms with Gasteiger partial charge >= 0.3 is 6.03 Å². The Morgan fingerprint density at radius 1 is 1.05 bits per heavy atom. The molecule has 200 valence electrons. The van der Waals surface area contributed by atoms with Crippen LogP contribution in [0.25, 0.3) is 11.3 Å². The summed E-state index contributed by atoms with van der Waals surface area (Å²) in [6.45, 7) is 14.2. The normalized spacial score (nSPS) is 15.1. The van der Waals surface area contributed by atoms with Gasteiger partial charge in [0.1, 0.15) is 10.5 Å². The van der Waals surface area contributed by atoms with Crippen LogP contribution < -0.4 is 16.0 Å². The van der Waals surface area contributed by atoms with Crippen LogP contribution in [0.5, 0.6) is 0 Å². The number of carbonyl (C=O) groups excluding carboxylic acids is 3. The largest absolute Gasteiger partial charge is 0.352 e. The number of rotatable bonds is 4. The number of benzene rings is 1. The van der Waals surface area contributed by atoms with E-state index < -0.39 is 11.6 Å². The topological polar surface area (TPSA) is 116 Å². The molecule has 1 aliphatic heterocycles. The number of carbonyl (C=O) groups is 3. The molecule has 3 N–H and O–H groups in total. The molecule has 1 saturated heterocycles. The summed E-state index contributed by atoms with van der Waals surface area (Å²) in [5.41, 5.74) is 3.13. The van der Waals surface area contributed by atoms with Gasteiger partial charge in [-0.15, -0.1) is 11.3 Å². The minimum absolute atomic E-state index is 0.205. The highest BCUT2D eigenvalue weighted by Crippen LogP contribution is 2.38. The third kappa shape index (κ3) is 5.55. The number of nitrogens with zero attached hydrogens (tertiary/aromatic N) is 3. The molecule has 3 aromatic rings. The third-order valence-electron chi connectivity index (χ3n) is 6.59. The number of aromatic nitrogens is 2. The second kappa shape index (κ2) is 10.2. The highest BCUT2D eigenvalue weighted by Gasteiger charge is 2.42. The number of thiophene rings is 1. The fourth-order valence-electron chi connectivity index (χ4n) is 4.20. The Kier molecular flexibility index (Phi) is 7.29. The average Bonchev–Trinajstić information content (AvgIpc) is 3.26. The Labute approximate surface area is 227 Å². The molecule has 0 saturated carbocycles. The van der Waals surface area contributed by atoms with Crippen molar-refractivity contribution in [3.63, 3.8) is 0 Å². The van der Waals surface area contributed by atoms with Gasteiger partial charge in [-0.05, 0) is 69.0 Å². The van der Waals surface area contributed by atoms with Crippen LogP contribution in [0.3, 0.4) is 0 Å². The van der Waals surface area contributed by atoms with Crippen LogP contribution in [0.2, 0.25) is 0 Å². The van der Waals surface area contributed by atoms with E-state index in [1.807, 2.05) is 50.2 Å². The first-order valence-corrected chi connectivity index (χ1v) is 13.3. The summed E-state index contributed by atoms with van der Waals surface area (Å²) >= 11 is 1.36. The van der Waals surface area contributed by atoms with Crippen molar-refractivity contribution in [2.75, 3.05) is 23.7 Å². The number of nitrogens with one attached hydrogen (secondary N) is 3. The lowest BCUT2D eigenvalue weighted by Gasteiger charge is -2.41. The zero-order valence-electron chi connectivity index (χ0n) is 22.9. The van der Waals surface area contributed by atoms with Gasteiger partial charge in [0.05, 0.1) is 17.0 Å². The monoisotopic (exact) mass is 534 g/mol. The second-order valence-electron chi connectivity index (χ2n) is 11.0. The number of aryl methyl sites for hydroxylation is 2. The van der Waals surface area contributed by atoms with E-state index in [2.05, 4.69) is 46.9 Å². The van der Waals surface area contributed by atoms with E-state index >= 15 is 0 Å². The molecule has 2 aromatic heterocycles. The van der Waals surface area contributed by atoms with Crippen LogP contribution in [-0.2, 0) is 10.2 Å². The van der Waals surface area contributed by atoms with Crippen molar-refractivity contribution in [2.45, 2.75) is 59.4 Å². The fraction of sp³-hybridized carbons (Fsp3) is 0.393. The molecule has 38 heavy (non-hydrogen) atoms. The summed E-state index contributed by atoms with van der Waals surface area (Å²) < 4.78 is 0. The third-order valence-corrected chi connectivity index (χ3v) is 8.07. The maximum Gasteiger partial charge on any atom is 0.324 e. The van der Waals surface area contributed by atoms with Crippen molar-refractivity contribution in [3.8, 4) is 11.3 Å². The van der Waals surface area contributed by atoms with E-state index in [0.29, 0.717) is 35.0 Å². The zero-order chi connectivity index (χ0) is 27.8. The Morgan fingerprint density at radius 2 is 1.79 bits per heavy atom. The number of piperazine rings is 1. The predicted octanol–water partition coefficient (Wildman–Crippen LogP) is 5.11. The molecule has 1 aromatic carbocycles. The highest BCUT2D eigenvalue weighted by atomic mass is 32.1. The van der Waals surface area contributed by atoms with E-state index in [1.54, 1.807) is 18.7 Å². The van der Waals surface area contributed by atoms with Crippen LogP contribution in [-0.4, -0.2) is 51.6 Å². The number of hydrogen-bond acceptors (Lipinski definition) is 6. The van der Waals surface area contributed by atoms with Gasteiger partial charge in [-0.3, -0.25) is 14.9 Å². The van der Waals surface area contributed by atoms with Gasteiger partial charge in [-0.2, -0.15) is 10.2 Å². The molecule has 0 spiro atoms. The molecule has 1 aliphatic rings. The number of anilines is 2. The van der Waals surface area contributed by atoms with Crippen molar-refractivity contribution < 1.29 is 14.4 Å². The minimum atomic E-state index is -1.00. The Morgan fingerprint density at radius 3 is 2.45 bits per heavy atom. The minimum Gasteiger partial charge on any atom is -0.352 e. The zero-order valence-corrected chi connectivity index (χ0v) is 23.7. The molecule has 0 bridgehead atoms. The van der Waals surface area contributed by atoms with Gasteiger partial charge in [0.15, 0.2) is 0 Å². The molecule has 0 aliphatic carbocycles. The molecule has 1 fully saturated rings. The quantitative estimate of drug-likeness (QED) is 0.430. The molecule has 10 heteroatoms. The predicted molar refractivity (Wildman–Crippen MR) is 151 cm³/mol. The van der Waals surface area contributed by atoms with Crippen LogP contribution in [0.15, 0.2) is 36.4 Å². The lowest BCUT2D eigenvalue weighted by Crippen LogP contribution is -2.63. The maximum atomic E-state index is 13.7. The van der Waals surface area contributed by atoms with Crippen molar-refractivity contribution >= 4 is 39.9 Å². The van der Waals surface area contributed by atoms with E-state index in [1.165, 1.54) is 11.3 Å². The first kappa shape index (κ1) is 27.3. The maximum absolute atomic E-state index is 13.7. The summed E-state index contributed by atoms with van der Waals surface area (Å²) in [5.74, 6) is -0.494. The number of urea groups is 1. The molecule has 0 radical (unpaired) electrons. The standard InChI is InChI=1S/C28H34N6O3S/c1-16-8-10-18(14-19(16)21-11-9-17(2)32-33-21)30-26(37)31-23-20(15-22(38-23)27(3,4)5)24(35)34-13-12-29-25(36)28(34,6)7/h8-11,14-15H,12-13H2,1-7H3,(H,29,36)(H2,30,31,37). The summed E-state index contributed by atoms with van der Waals surface area (Å²) in [5, 5.41) is 17.4. The van der Waals surface area contributed by atoms with Crippen molar-refractivity contribution in [3.05, 3.63) is 58.1 Å². The van der Waals surface area contributed by atoms with E-state index in [9.17, 15) is 14.4 Å². The molecule has 9 nitrogen and oxygen atoms in total. The van der Waals surface area contributed by atoms with Gasteiger partial charge in [0, 0.05) is 29.2 Å². The Hall–Kier alpha value is -3.79. The van der Waals surface area contributed by atoms with Gasteiger partial charge in [0.25, 0.3) is 5.91 Å². The lowest BCUT2D eigenvalue weighted by molar-refractivity contribution is -0.133. The smallest absolute Gasteiger partial charge is 0.324 e. The first-order valence-electron chi connectivity index (χ1n) is 12.5. The first-order chi connectivity index (χ1) is 17.8. The van der Waals surface area contributed by atoms with Crippen molar-refractivity contribution in [2.24, 2.45) is 0 Å². The van der Waals surface area contributed by atoms with Crippen LogP contribution >= 0.6 is 11.3 Å².